The number of urea groups is 1. The molecule has 2 unspecified atom stereocenters. The number of likely N-dealkylation sites (N-methyl/N-ethyl adjacent to an activating group) is 2. The molecule has 3 amide bonds. The van der Waals surface area contributed by atoms with E-state index in [-0.39, 0.29) is 12.5 Å². The summed E-state index contributed by atoms with van der Waals surface area (Å²) in [5.41, 5.74) is 0.470. The Morgan fingerprint density at radius 2 is 1.79 bits per heavy atom. The second-order valence-electron chi connectivity index (χ2n) is 6.82. The molecule has 0 saturated carbocycles. The molecule has 3 aliphatic heterocycles. The van der Waals surface area contributed by atoms with Gasteiger partial charge in [-0.05, 0) is 38.1 Å². The lowest BCUT2D eigenvalue weighted by Crippen LogP contribution is -2.64. The topological polar surface area (TPSA) is 59.5 Å². The molecule has 10 heteroatoms. The predicted molar refractivity (Wildman–Crippen MR) is 95.1 cm³/mol. The van der Waals surface area contributed by atoms with Crippen molar-refractivity contribution in [3.8, 4) is 0 Å². The van der Waals surface area contributed by atoms with Gasteiger partial charge < -0.3 is 9.80 Å². The van der Waals surface area contributed by atoms with Crippen LogP contribution >= 0.6 is 0 Å². The Hall–Kier alpha value is -3.04. The van der Waals surface area contributed by atoms with Crippen molar-refractivity contribution in [3.05, 3.63) is 41.7 Å². The minimum Gasteiger partial charge on any atom is -0.302 e. The van der Waals surface area contributed by atoms with Crippen molar-refractivity contribution in [3.63, 3.8) is 0 Å². The number of halogens is 3. The van der Waals surface area contributed by atoms with Gasteiger partial charge in [-0.2, -0.15) is 13.2 Å². The number of imide groups is 1. The standard InChI is InChI=1S/C18H18F3N5O2/c1-4-24-15(27)13-14(23(3)17(24)28)22-16-25(13)9-10(2)26(16)12-7-5-11(6-8-12)18(19,20)21/h5-9,13-14H,4H2,1-3H3. The highest BCUT2D eigenvalue weighted by Gasteiger charge is 2.54. The van der Waals surface area contributed by atoms with E-state index in [4.69, 9.17) is 0 Å². The van der Waals surface area contributed by atoms with E-state index in [9.17, 15) is 22.8 Å². The van der Waals surface area contributed by atoms with Crippen LogP contribution in [0.3, 0.4) is 0 Å². The Morgan fingerprint density at radius 1 is 1.14 bits per heavy atom. The van der Waals surface area contributed by atoms with Gasteiger partial charge in [0.2, 0.25) is 5.96 Å². The second-order valence-corrected chi connectivity index (χ2v) is 6.82. The van der Waals surface area contributed by atoms with Crippen LogP contribution in [0.25, 0.3) is 0 Å². The summed E-state index contributed by atoms with van der Waals surface area (Å²) in [6.07, 6.45) is -3.37. The van der Waals surface area contributed by atoms with Crippen LogP contribution in [0, 0.1) is 0 Å². The van der Waals surface area contributed by atoms with Crippen LogP contribution < -0.4 is 4.90 Å². The molecule has 1 fully saturated rings. The number of amides is 3. The first-order valence-corrected chi connectivity index (χ1v) is 8.75. The first-order chi connectivity index (χ1) is 13.1. The van der Waals surface area contributed by atoms with Gasteiger partial charge >= 0.3 is 12.2 Å². The molecule has 3 aliphatic rings. The molecule has 0 N–H and O–H groups in total. The van der Waals surface area contributed by atoms with Crippen LogP contribution in [0.4, 0.5) is 23.7 Å². The summed E-state index contributed by atoms with van der Waals surface area (Å²) in [5, 5.41) is 0. The quantitative estimate of drug-likeness (QED) is 0.775. The molecule has 0 aliphatic carbocycles. The lowest BCUT2D eigenvalue weighted by Gasteiger charge is -2.39. The molecule has 1 aromatic rings. The fourth-order valence-corrected chi connectivity index (χ4v) is 3.76. The maximum absolute atomic E-state index is 12.8. The summed E-state index contributed by atoms with van der Waals surface area (Å²) < 4.78 is 38.5. The Kier molecular flexibility index (Phi) is 3.91. The van der Waals surface area contributed by atoms with E-state index >= 15 is 0 Å². The van der Waals surface area contributed by atoms with Crippen molar-refractivity contribution in [2.75, 3.05) is 18.5 Å². The molecule has 4 rings (SSSR count). The molecule has 0 spiro atoms. The zero-order chi connectivity index (χ0) is 20.4. The van der Waals surface area contributed by atoms with Gasteiger partial charge in [-0.3, -0.25) is 14.6 Å². The molecule has 28 heavy (non-hydrogen) atoms. The number of anilines is 1. The van der Waals surface area contributed by atoms with Crippen LogP contribution in [-0.4, -0.2) is 58.4 Å². The van der Waals surface area contributed by atoms with Gasteiger partial charge in [0.05, 0.1) is 5.56 Å². The predicted octanol–water partition coefficient (Wildman–Crippen LogP) is 2.67. The summed E-state index contributed by atoms with van der Waals surface area (Å²) >= 11 is 0. The third-order valence-corrected chi connectivity index (χ3v) is 5.16. The second kappa shape index (κ2) is 5.98. The van der Waals surface area contributed by atoms with Crippen LogP contribution in [0.1, 0.15) is 19.4 Å². The van der Waals surface area contributed by atoms with E-state index in [0.717, 1.165) is 12.1 Å². The molecule has 0 bridgehead atoms. The van der Waals surface area contributed by atoms with Crippen molar-refractivity contribution in [2.45, 2.75) is 32.2 Å². The monoisotopic (exact) mass is 393 g/mol. The minimum atomic E-state index is -4.42. The van der Waals surface area contributed by atoms with Gasteiger partial charge in [0.1, 0.15) is 0 Å². The number of nitrogens with zero attached hydrogens (tertiary/aromatic N) is 5. The van der Waals surface area contributed by atoms with Crippen molar-refractivity contribution in [1.29, 1.82) is 0 Å². The number of aliphatic imine (C=N–C) groups is 1. The van der Waals surface area contributed by atoms with Crippen molar-refractivity contribution in [2.24, 2.45) is 4.99 Å². The van der Waals surface area contributed by atoms with Crippen LogP contribution in [0.5, 0.6) is 0 Å². The molecule has 0 radical (unpaired) electrons. The van der Waals surface area contributed by atoms with E-state index in [1.165, 1.54) is 21.9 Å². The first kappa shape index (κ1) is 18.3. The van der Waals surface area contributed by atoms with Gasteiger partial charge in [-0.25, -0.2) is 9.79 Å². The van der Waals surface area contributed by atoms with Gasteiger partial charge in [0.25, 0.3) is 5.91 Å². The molecule has 2 atom stereocenters. The number of guanidine groups is 1. The smallest absolute Gasteiger partial charge is 0.302 e. The maximum atomic E-state index is 12.8. The molecule has 3 heterocycles. The Bertz CT molecular complexity index is 909. The molecule has 0 aromatic heterocycles. The third-order valence-electron chi connectivity index (χ3n) is 5.16. The fraction of sp³-hybridized carbons (Fsp3) is 0.389. The molecule has 148 valence electrons. The highest BCUT2D eigenvalue weighted by molar-refractivity contribution is 6.09. The minimum absolute atomic E-state index is 0.250. The number of alkyl halides is 3. The van der Waals surface area contributed by atoms with Crippen molar-refractivity contribution < 1.29 is 22.8 Å². The van der Waals surface area contributed by atoms with Crippen LogP contribution in [-0.2, 0) is 11.0 Å². The highest BCUT2D eigenvalue weighted by Crippen LogP contribution is 2.37. The van der Waals surface area contributed by atoms with E-state index in [1.807, 2.05) is 0 Å². The number of benzene rings is 1. The van der Waals surface area contributed by atoms with Crippen molar-refractivity contribution >= 4 is 23.6 Å². The largest absolute Gasteiger partial charge is 0.416 e. The number of rotatable bonds is 2. The number of fused-ring (bicyclic) bond motifs is 3. The summed E-state index contributed by atoms with van der Waals surface area (Å²) in [4.78, 5) is 35.7. The van der Waals surface area contributed by atoms with Gasteiger partial charge in [0, 0.05) is 31.2 Å². The van der Waals surface area contributed by atoms with E-state index in [1.54, 1.807) is 36.9 Å². The average molecular weight is 393 g/mol. The Morgan fingerprint density at radius 3 is 2.36 bits per heavy atom. The lowest BCUT2D eigenvalue weighted by atomic mass is 10.1. The number of hydrogen-bond acceptors (Lipinski definition) is 5. The number of carbonyl (C=O) groups is 2. The van der Waals surface area contributed by atoms with Gasteiger partial charge in [-0.15, -0.1) is 0 Å². The number of hydrogen-bond donors (Lipinski definition) is 0. The maximum Gasteiger partial charge on any atom is 0.416 e. The fourth-order valence-electron chi connectivity index (χ4n) is 3.76. The molecular formula is C18H18F3N5O2. The summed E-state index contributed by atoms with van der Waals surface area (Å²) in [5.74, 6) is 0.0749. The average Bonchev–Trinajstić information content (AvgIpc) is 3.14. The van der Waals surface area contributed by atoms with E-state index < -0.39 is 30.0 Å². The number of carbonyl (C=O) groups excluding carboxylic acids is 2. The first-order valence-electron chi connectivity index (χ1n) is 8.75. The Balaban J connectivity index is 1.70. The molecule has 1 aromatic carbocycles. The van der Waals surface area contributed by atoms with E-state index in [2.05, 4.69) is 4.99 Å². The zero-order valence-electron chi connectivity index (χ0n) is 15.4. The molecule has 1 saturated heterocycles. The van der Waals surface area contributed by atoms with Crippen LogP contribution in [0.15, 0.2) is 41.2 Å². The lowest BCUT2D eigenvalue weighted by molar-refractivity contribution is -0.138. The Labute approximate surface area is 159 Å². The summed E-state index contributed by atoms with van der Waals surface area (Å²) in [6.45, 7) is 3.76. The molecule has 7 nitrogen and oxygen atoms in total. The SMILES string of the molecule is CCN1C(=O)C2C(N=C3N(c4ccc(C(F)(F)F)cc4)C(C)=CN32)N(C)C1=O. The molecular weight excluding hydrogens is 375 g/mol. The zero-order valence-corrected chi connectivity index (χ0v) is 15.4. The normalized spacial score (nSPS) is 24.5. The van der Waals surface area contributed by atoms with E-state index in [0.29, 0.717) is 17.3 Å². The summed E-state index contributed by atoms with van der Waals surface area (Å²) in [6, 6.07) is 3.64. The van der Waals surface area contributed by atoms with Crippen LogP contribution in [0.2, 0.25) is 0 Å². The summed E-state index contributed by atoms with van der Waals surface area (Å²) in [7, 11) is 1.58. The van der Waals surface area contributed by atoms with Crippen molar-refractivity contribution in [1.82, 2.24) is 14.7 Å². The van der Waals surface area contributed by atoms with Gasteiger partial charge in [0.15, 0.2) is 12.2 Å². The highest BCUT2D eigenvalue weighted by atomic mass is 19.4. The third kappa shape index (κ3) is 2.47. The number of allylic oxidation sites excluding steroid dienone is 1. The van der Waals surface area contributed by atoms with Gasteiger partial charge in [-0.1, -0.05) is 0 Å².